The van der Waals surface area contributed by atoms with Crippen molar-refractivity contribution in [3.8, 4) is 0 Å². The van der Waals surface area contributed by atoms with Crippen LogP contribution in [-0.4, -0.2) is 87.4 Å². The molecule has 0 radical (unpaired) electrons. The maximum Gasteiger partial charge on any atom is 0.361 e. The van der Waals surface area contributed by atoms with E-state index in [1.807, 2.05) is 21.1 Å². The van der Waals surface area contributed by atoms with Gasteiger partial charge in [0.1, 0.15) is 13.2 Å². The van der Waals surface area contributed by atoms with Gasteiger partial charge in [-0.15, -0.1) is 0 Å². The van der Waals surface area contributed by atoms with Crippen molar-refractivity contribution in [3.05, 3.63) is 158 Å². The first-order valence-corrected chi connectivity index (χ1v) is 39.6. The fraction of sp³-hybridized carbons (Fsp3) is 0.670. The molecule has 0 aliphatic rings. The molecule has 97 heavy (non-hydrogen) atoms. The van der Waals surface area contributed by atoms with Crippen LogP contribution in [0.2, 0.25) is 0 Å². The van der Waals surface area contributed by atoms with E-state index in [1.54, 1.807) is 0 Å². The highest BCUT2D eigenvalue weighted by Crippen LogP contribution is 2.18. The number of unbranched alkanes of at least 4 members (excludes halogenated alkanes) is 31. The molecular weight excluding hydrogens is 1200 g/mol. The fourth-order valence-corrected chi connectivity index (χ4v) is 10.8. The molecule has 0 bridgehead atoms. The summed E-state index contributed by atoms with van der Waals surface area (Å²) in [4.78, 5) is 37.7. The molecule has 0 aliphatic carbocycles. The van der Waals surface area contributed by atoms with Crippen molar-refractivity contribution < 1.29 is 42.9 Å². The van der Waals surface area contributed by atoms with E-state index in [0.29, 0.717) is 23.9 Å². The number of quaternary nitrogens is 1. The summed E-state index contributed by atoms with van der Waals surface area (Å²) in [6.45, 7) is 4.66. The van der Waals surface area contributed by atoms with Crippen LogP contribution in [0.15, 0.2) is 158 Å². The number of likely N-dealkylation sites (N-methyl/N-ethyl adjacent to an activating group) is 1. The Morgan fingerprint density at radius 3 is 0.825 bits per heavy atom. The number of allylic oxidation sites excluding steroid dienone is 26. The molecule has 0 heterocycles. The zero-order chi connectivity index (χ0) is 70.4. The summed E-state index contributed by atoms with van der Waals surface area (Å²) in [5, 5.41) is 9.78. The van der Waals surface area contributed by atoms with Gasteiger partial charge in [0.2, 0.25) is 0 Å². The third-order valence-corrected chi connectivity index (χ3v) is 16.8. The molecular formula is C88H148NO8+. The second-order valence-corrected chi connectivity index (χ2v) is 27.3. The van der Waals surface area contributed by atoms with E-state index in [1.165, 1.54) is 161 Å². The summed E-state index contributed by atoms with van der Waals surface area (Å²) in [5.41, 5.74) is 0. The third-order valence-electron chi connectivity index (χ3n) is 16.8. The van der Waals surface area contributed by atoms with Crippen LogP contribution in [0.1, 0.15) is 322 Å². The number of carboxylic acids is 1. The third kappa shape index (κ3) is 78.1. The smallest absolute Gasteiger partial charge is 0.361 e. The zero-order valence-corrected chi connectivity index (χ0v) is 63.2. The summed E-state index contributed by atoms with van der Waals surface area (Å²) >= 11 is 0. The van der Waals surface area contributed by atoms with Gasteiger partial charge in [0.25, 0.3) is 6.29 Å². The minimum absolute atomic E-state index is 0.182. The molecule has 1 N–H and O–H groups in total. The molecule has 0 amide bonds. The quantitative estimate of drug-likeness (QED) is 0.0211. The molecule has 0 saturated carbocycles. The Kier molecular flexibility index (Phi) is 72.6. The number of esters is 2. The van der Waals surface area contributed by atoms with E-state index < -0.39 is 24.3 Å². The minimum atomic E-state index is -1.52. The maximum atomic E-state index is 13.0. The second kappa shape index (κ2) is 76.7. The van der Waals surface area contributed by atoms with Crippen molar-refractivity contribution in [2.45, 2.75) is 334 Å². The molecule has 0 rings (SSSR count). The van der Waals surface area contributed by atoms with E-state index >= 15 is 0 Å². The van der Waals surface area contributed by atoms with Gasteiger partial charge in [-0.3, -0.25) is 9.59 Å². The van der Waals surface area contributed by atoms with Crippen LogP contribution >= 0.6 is 0 Å². The molecule has 0 aromatic rings. The SMILES string of the molecule is CC/C=C\C/C=C\C/C=C\C/C=C\C/C=C\C/C=C\C/C=C\CCCCCCCCCCCCCC(=O)OC(COC(=O)CCCCCCCCCCCCCCCCCCCCCC/C=C\C/C=C\C/C=C\C/C=C\C/C=C\C/C=C\CC)COC(OCC[N+](C)(C)C)C(=O)O. The number of carboxylic acid groups (broad SMARTS) is 1. The highest BCUT2D eigenvalue weighted by atomic mass is 16.7. The molecule has 0 spiro atoms. The van der Waals surface area contributed by atoms with Crippen LogP contribution in [-0.2, 0) is 33.3 Å². The first kappa shape index (κ1) is 91.9. The number of hydrogen-bond donors (Lipinski definition) is 1. The first-order valence-electron chi connectivity index (χ1n) is 39.6. The van der Waals surface area contributed by atoms with E-state index in [2.05, 4.69) is 172 Å². The van der Waals surface area contributed by atoms with Gasteiger partial charge in [0, 0.05) is 12.8 Å². The molecule has 2 unspecified atom stereocenters. The Hall–Kier alpha value is -5.09. The van der Waals surface area contributed by atoms with Crippen molar-refractivity contribution in [3.63, 3.8) is 0 Å². The van der Waals surface area contributed by atoms with E-state index in [9.17, 15) is 19.5 Å². The lowest BCUT2D eigenvalue weighted by molar-refractivity contribution is -0.870. The summed E-state index contributed by atoms with van der Waals surface area (Å²) in [7, 11) is 5.98. The van der Waals surface area contributed by atoms with Crippen molar-refractivity contribution in [1.82, 2.24) is 0 Å². The lowest BCUT2D eigenvalue weighted by atomic mass is 10.0. The van der Waals surface area contributed by atoms with E-state index in [4.69, 9.17) is 18.9 Å². The van der Waals surface area contributed by atoms with Crippen molar-refractivity contribution >= 4 is 17.9 Å². The zero-order valence-electron chi connectivity index (χ0n) is 63.2. The number of ether oxygens (including phenoxy) is 4. The molecule has 0 aliphatic heterocycles. The Labute approximate surface area is 597 Å². The van der Waals surface area contributed by atoms with Crippen molar-refractivity contribution in [1.29, 1.82) is 0 Å². The van der Waals surface area contributed by atoms with Crippen molar-refractivity contribution in [2.75, 3.05) is 47.5 Å². The van der Waals surface area contributed by atoms with Gasteiger partial charge in [-0.25, -0.2) is 4.79 Å². The van der Waals surface area contributed by atoms with Crippen molar-refractivity contribution in [2.24, 2.45) is 0 Å². The molecule has 0 saturated heterocycles. The van der Waals surface area contributed by atoms with Gasteiger partial charge < -0.3 is 28.5 Å². The molecule has 552 valence electrons. The highest BCUT2D eigenvalue weighted by molar-refractivity contribution is 5.71. The largest absolute Gasteiger partial charge is 0.477 e. The first-order chi connectivity index (χ1) is 47.6. The van der Waals surface area contributed by atoms with E-state index in [0.717, 1.165) is 128 Å². The number of rotatable bonds is 72. The van der Waals surface area contributed by atoms with Gasteiger partial charge in [0.05, 0.1) is 34.4 Å². The predicted octanol–water partition coefficient (Wildman–Crippen LogP) is 25.6. The molecule has 0 fully saturated rings. The summed E-state index contributed by atoms with van der Waals surface area (Å²) in [6.07, 6.45) is 111. The minimum Gasteiger partial charge on any atom is -0.477 e. The summed E-state index contributed by atoms with van der Waals surface area (Å²) < 4.78 is 23.0. The normalized spacial score (nSPS) is 13.5. The van der Waals surface area contributed by atoms with Gasteiger partial charge in [-0.05, 0) is 122 Å². The molecule has 9 heteroatoms. The summed E-state index contributed by atoms with van der Waals surface area (Å²) in [5.74, 6) is -2.00. The van der Waals surface area contributed by atoms with Gasteiger partial charge in [0.15, 0.2) is 6.10 Å². The van der Waals surface area contributed by atoms with Crippen LogP contribution in [0.5, 0.6) is 0 Å². The molecule has 2 atom stereocenters. The number of carbonyl (C=O) groups is 3. The second-order valence-electron chi connectivity index (χ2n) is 27.3. The monoisotopic (exact) mass is 1350 g/mol. The Balaban J connectivity index is 4.05. The molecule has 0 aromatic carbocycles. The van der Waals surface area contributed by atoms with Crippen LogP contribution in [0.4, 0.5) is 0 Å². The predicted molar refractivity (Wildman–Crippen MR) is 419 cm³/mol. The van der Waals surface area contributed by atoms with Gasteiger partial charge in [-0.2, -0.15) is 0 Å². The Bertz CT molecular complexity index is 2160. The summed E-state index contributed by atoms with van der Waals surface area (Å²) in [6, 6.07) is 0. The molecule has 9 nitrogen and oxygen atoms in total. The average Bonchev–Trinajstić information content (AvgIpc) is 2.59. The van der Waals surface area contributed by atoms with Crippen LogP contribution < -0.4 is 0 Å². The van der Waals surface area contributed by atoms with Crippen LogP contribution in [0.3, 0.4) is 0 Å². The lowest BCUT2D eigenvalue weighted by Gasteiger charge is -2.25. The number of nitrogens with zero attached hydrogens (tertiary/aromatic N) is 1. The topological polar surface area (TPSA) is 108 Å². The van der Waals surface area contributed by atoms with Crippen LogP contribution in [0.25, 0.3) is 0 Å². The standard InChI is InChI=1S/C88H147NO8/c1-6-8-10-12-14-16-18-20-22-24-26-28-30-32-34-36-38-40-41-42-43-44-45-47-48-50-52-54-56-58-60-62-64-66-68-70-72-74-76-78-85(90)95-82-84(83-96-88(87(92)93)94-81-80-89(3,4)5)97-86(91)79-77-75-73-71-69-67-65-63-61-59-57-55-53-51-49-46-39-37-35-33-31-29-27-25-23-21-19-17-15-13-11-9-7-2/h8-11,14-17,20-23,26-29,32-35,38-40,46,51,53,84,88H,6-7,12-13,18-19,24-25,30-31,36-37,41-45,47-50,52,54-83H2,1-5H3/p+1/b10-8-,11-9-,16-14-,17-15-,22-20-,23-21-,28-26-,29-27-,34-32-,35-33-,40-38-,46-39-,53-51-. The Morgan fingerprint density at radius 2 is 0.557 bits per heavy atom. The lowest BCUT2D eigenvalue weighted by Crippen LogP contribution is -2.40. The average molecular weight is 1350 g/mol. The highest BCUT2D eigenvalue weighted by Gasteiger charge is 2.25. The number of carbonyl (C=O) groups excluding carboxylic acids is 2. The maximum absolute atomic E-state index is 13.0. The van der Waals surface area contributed by atoms with Gasteiger partial charge in [-0.1, -0.05) is 345 Å². The van der Waals surface area contributed by atoms with E-state index in [-0.39, 0.29) is 32.2 Å². The van der Waals surface area contributed by atoms with Gasteiger partial charge >= 0.3 is 17.9 Å². The van der Waals surface area contributed by atoms with Crippen LogP contribution in [0, 0.1) is 0 Å². The number of hydrogen-bond acceptors (Lipinski definition) is 7. The number of aliphatic carboxylic acids is 1. The molecule has 0 aromatic heterocycles. The fourth-order valence-electron chi connectivity index (χ4n) is 10.8. The Morgan fingerprint density at radius 1 is 0.309 bits per heavy atom.